The largest absolute Gasteiger partial charge is 0.456 e. The molecular weight excluding hydrogens is 615 g/mol. The first-order chi connectivity index (χ1) is 26.8. The van der Waals surface area contributed by atoms with Crippen LogP contribution in [0.25, 0.3) is 100 Å². The molecule has 0 radical (unpaired) electrons. The van der Waals surface area contributed by atoms with Crippen LogP contribution in [0.1, 0.15) is 6.85 Å². The van der Waals surface area contributed by atoms with E-state index in [1.54, 1.807) is 12.1 Å². The van der Waals surface area contributed by atoms with E-state index in [4.69, 9.17) is 30.6 Å². The van der Waals surface area contributed by atoms with Crippen LogP contribution in [0.3, 0.4) is 0 Å². The molecule has 0 spiro atoms. The average molecular weight is 647 g/mol. The van der Waals surface area contributed by atoms with Gasteiger partial charge in [-0.25, -0.2) is 15.0 Å². The zero-order valence-electron chi connectivity index (χ0n) is 31.4. The van der Waals surface area contributed by atoms with Crippen LogP contribution in [0.5, 0.6) is 0 Å². The minimum atomic E-state index is -0.413. The van der Waals surface area contributed by atoms with Crippen molar-refractivity contribution >= 4 is 43.9 Å². The van der Waals surface area contributed by atoms with Crippen molar-refractivity contribution in [2.45, 2.75) is 0 Å². The second-order valence-corrected chi connectivity index (χ2v) is 12.0. The summed E-state index contributed by atoms with van der Waals surface area (Å²) in [6.45, 7) is 0. The highest BCUT2D eigenvalue weighted by atomic mass is 16.3. The molecule has 50 heavy (non-hydrogen) atoms. The van der Waals surface area contributed by atoms with Gasteiger partial charge < -0.3 is 8.83 Å². The van der Waals surface area contributed by atoms with Crippen molar-refractivity contribution in [1.29, 1.82) is 0 Å². The lowest BCUT2D eigenvalue weighted by atomic mass is 9.98. The lowest BCUT2D eigenvalue weighted by molar-refractivity contribution is 0.668. The van der Waals surface area contributed by atoms with Crippen LogP contribution in [0, 0.1) is 0 Å². The Bertz CT molecular complexity index is 3130. The van der Waals surface area contributed by atoms with Gasteiger partial charge in [0, 0.05) is 38.2 Å². The molecule has 0 N–H and O–H groups in total. The van der Waals surface area contributed by atoms with Gasteiger partial charge in [-0.05, 0) is 52.6 Å². The first-order valence-corrected chi connectivity index (χ1v) is 16.2. The van der Waals surface area contributed by atoms with Gasteiger partial charge in [-0.1, -0.05) is 133 Å². The quantitative estimate of drug-likeness (QED) is 0.186. The number of para-hydroxylation sites is 1. The fourth-order valence-electron chi connectivity index (χ4n) is 6.71. The summed E-state index contributed by atoms with van der Waals surface area (Å²) in [4.78, 5) is 15.2. The van der Waals surface area contributed by atoms with Gasteiger partial charge in [-0.3, -0.25) is 0 Å². The molecule has 0 aliphatic rings. The van der Waals surface area contributed by atoms with Crippen molar-refractivity contribution in [2.24, 2.45) is 0 Å². The molecular formula is C45H27N3O2. The van der Waals surface area contributed by atoms with Crippen molar-refractivity contribution in [1.82, 2.24) is 15.0 Å². The maximum Gasteiger partial charge on any atom is 0.164 e. The molecule has 0 amide bonds. The number of hydrogen-bond donors (Lipinski definition) is 0. The zero-order chi connectivity index (χ0) is 37.4. The lowest BCUT2D eigenvalue weighted by Crippen LogP contribution is -2.00. The molecule has 5 nitrogen and oxygen atoms in total. The molecule has 3 heterocycles. The zero-order valence-corrected chi connectivity index (χ0v) is 26.4. The summed E-state index contributed by atoms with van der Waals surface area (Å²) >= 11 is 0. The summed E-state index contributed by atoms with van der Waals surface area (Å²) in [7, 11) is 0. The van der Waals surface area contributed by atoms with E-state index >= 15 is 0 Å². The normalized spacial score (nSPS) is 13.0. The third-order valence-corrected chi connectivity index (χ3v) is 9.05. The topological polar surface area (TPSA) is 65.0 Å². The highest BCUT2D eigenvalue weighted by Gasteiger charge is 2.20. The van der Waals surface area contributed by atoms with Gasteiger partial charge in [-0.2, -0.15) is 0 Å². The molecule has 0 fully saturated rings. The van der Waals surface area contributed by atoms with Crippen LogP contribution in [-0.4, -0.2) is 15.0 Å². The second-order valence-electron chi connectivity index (χ2n) is 12.0. The molecule has 0 unspecified atom stereocenters. The minimum Gasteiger partial charge on any atom is -0.456 e. The van der Waals surface area contributed by atoms with Crippen LogP contribution in [-0.2, 0) is 0 Å². The van der Waals surface area contributed by atoms with Gasteiger partial charge in [0.1, 0.15) is 22.3 Å². The van der Waals surface area contributed by atoms with Gasteiger partial charge in [-0.15, -0.1) is 0 Å². The predicted octanol–water partition coefficient (Wildman–Crippen LogP) is 12.0. The van der Waals surface area contributed by atoms with E-state index in [-0.39, 0.29) is 29.7 Å². The fourth-order valence-corrected chi connectivity index (χ4v) is 6.71. The molecule has 0 aliphatic heterocycles. The molecule has 10 aromatic rings. The Labute approximate surface area is 294 Å². The summed E-state index contributed by atoms with van der Waals surface area (Å²) in [6, 6.07) is 41.4. The Kier molecular flexibility index (Phi) is 5.35. The van der Waals surface area contributed by atoms with Gasteiger partial charge in [0.15, 0.2) is 17.5 Å². The van der Waals surface area contributed by atoms with E-state index in [2.05, 4.69) is 6.07 Å². The number of nitrogens with zero attached hydrogens (tertiary/aromatic N) is 3. The predicted molar refractivity (Wildman–Crippen MR) is 202 cm³/mol. The summed E-state index contributed by atoms with van der Waals surface area (Å²) < 4.78 is 53.6. The van der Waals surface area contributed by atoms with Crippen molar-refractivity contribution in [3.05, 3.63) is 164 Å². The number of furan rings is 2. The Morgan fingerprint density at radius 2 is 0.920 bits per heavy atom. The van der Waals surface area contributed by atoms with Crippen LogP contribution in [0.4, 0.5) is 0 Å². The smallest absolute Gasteiger partial charge is 0.164 e. The van der Waals surface area contributed by atoms with E-state index in [0.29, 0.717) is 34.2 Å². The van der Waals surface area contributed by atoms with E-state index in [0.717, 1.165) is 60.5 Å². The monoisotopic (exact) mass is 646 g/mol. The Balaban J connectivity index is 1.14. The van der Waals surface area contributed by atoms with Crippen LogP contribution < -0.4 is 0 Å². The molecule has 7 aromatic carbocycles. The van der Waals surface area contributed by atoms with E-state index in [9.17, 15) is 0 Å². The first-order valence-electron chi connectivity index (χ1n) is 18.7. The molecule has 0 saturated heterocycles. The third kappa shape index (κ3) is 4.67. The molecule has 3 aromatic heterocycles. The van der Waals surface area contributed by atoms with Crippen LogP contribution in [0.15, 0.2) is 173 Å². The van der Waals surface area contributed by atoms with E-state index in [1.165, 1.54) is 0 Å². The van der Waals surface area contributed by atoms with E-state index < -0.39 is 6.04 Å². The van der Waals surface area contributed by atoms with Gasteiger partial charge >= 0.3 is 0 Å². The second kappa shape index (κ2) is 11.4. The van der Waals surface area contributed by atoms with Crippen molar-refractivity contribution < 1.29 is 15.7 Å². The molecule has 0 atom stereocenters. The standard InChI is InChI=1S/C45H27N3O2/c1-3-11-28(12-4-1)29-21-23-30(24-22-29)32-25-26-38-36(27-32)42-35(17-10-20-40(42)50-38)45-47-43(31-13-5-2-6-14-31)46-44(48-45)34-16-9-19-39-41(34)33-15-7-8-18-37(33)49-39/h1-27H/i1D,3D,4D,11D,12D. The van der Waals surface area contributed by atoms with Crippen molar-refractivity contribution in [3.63, 3.8) is 0 Å². The Hall–Kier alpha value is -6.85. The molecule has 234 valence electrons. The third-order valence-electron chi connectivity index (χ3n) is 9.05. The number of aromatic nitrogens is 3. The van der Waals surface area contributed by atoms with E-state index in [1.807, 2.05) is 115 Å². The minimum absolute atomic E-state index is 0.169. The van der Waals surface area contributed by atoms with Crippen LogP contribution >= 0.6 is 0 Å². The van der Waals surface area contributed by atoms with Crippen molar-refractivity contribution in [2.75, 3.05) is 0 Å². The summed E-state index contributed by atoms with van der Waals surface area (Å²) in [5, 5.41) is 3.65. The molecule has 0 bridgehead atoms. The highest BCUT2D eigenvalue weighted by molar-refractivity contribution is 6.14. The Morgan fingerprint density at radius 1 is 0.380 bits per heavy atom. The molecule has 0 saturated carbocycles. The number of benzene rings is 7. The SMILES string of the molecule is [2H]c1c([2H])c([2H])c(-c2ccc(-c3ccc4oc5cccc(-c6nc(-c7ccccc7)nc(-c7cccc8oc9ccccc9c78)n6)c5c4c3)cc2)c([2H])c1[2H]. The summed E-state index contributed by atoms with van der Waals surface area (Å²) in [6.07, 6.45) is 0. The number of rotatable bonds is 5. The highest BCUT2D eigenvalue weighted by Crippen LogP contribution is 2.40. The number of fused-ring (bicyclic) bond motifs is 6. The molecule has 0 aliphatic carbocycles. The maximum atomic E-state index is 8.41. The fraction of sp³-hybridized carbons (Fsp3) is 0. The first kappa shape index (κ1) is 23.5. The van der Waals surface area contributed by atoms with Crippen LogP contribution in [0.2, 0.25) is 0 Å². The summed E-state index contributed by atoms with van der Waals surface area (Å²) in [5.74, 6) is 1.55. The van der Waals surface area contributed by atoms with Crippen molar-refractivity contribution in [3.8, 4) is 56.4 Å². The average Bonchev–Trinajstić information content (AvgIpc) is 3.81. The number of hydrogen-bond acceptors (Lipinski definition) is 5. The maximum absolute atomic E-state index is 8.41. The Morgan fingerprint density at radius 3 is 1.62 bits per heavy atom. The van der Waals surface area contributed by atoms with Gasteiger partial charge in [0.2, 0.25) is 0 Å². The molecule has 5 heteroatoms. The van der Waals surface area contributed by atoms with Gasteiger partial charge in [0.25, 0.3) is 0 Å². The lowest BCUT2D eigenvalue weighted by Gasteiger charge is -2.10. The van der Waals surface area contributed by atoms with Gasteiger partial charge in [0.05, 0.1) is 6.85 Å². The summed E-state index contributed by atoms with van der Waals surface area (Å²) in [5.41, 5.74) is 7.92. The molecule has 10 rings (SSSR count).